The van der Waals surface area contributed by atoms with E-state index in [0.717, 1.165) is 12.0 Å². The van der Waals surface area contributed by atoms with Gasteiger partial charge in [-0.2, -0.15) is 4.31 Å². The standard InChI is InChI=1S/C20H29N3O3S/c1-5-11-21-20(24)17(4)22-12-14-23(15-13-22)27(25,26)19-9-7-18(8-10-19)16(3)6-2/h1,7-10,16-17H,6,11-15H2,2-4H3,(H,21,24). The van der Waals surface area contributed by atoms with Crippen molar-refractivity contribution in [1.82, 2.24) is 14.5 Å². The van der Waals surface area contributed by atoms with E-state index in [9.17, 15) is 13.2 Å². The van der Waals surface area contributed by atoms with Gasteiger partial charge in [0.25, 0.3) is 0 Å². The normalized spacial score (nSPS) is 18.4. The molecular formula is C20H29N3O3S. The third-order valence-corrected chi connectivity index (χ3v) is 7.18. The Labute approximate surface area is 163 Å². The van der Waals surface area contributed by atoms with E-state index < -0.39 is 10.0 Å². The minimum Gasteiger partial charge on any atom is -0.344 e. The molecule has 2 unspecified atom stereocenters. The third-order valence-electron chi connectivity index (χ3n) is 5.26. The van der Waals surface area contributed by atoms with Crippen molar-refractivity contribution in [3.63, 3.8) is 0 Å². The van der Waals surface area contributed by atoms with Crippen molar-refractivity contribution in [2.24, 2.45) is 0 Å². The first-order valence-corrected chi connectivity index (χ1v) is 10.8. The van der Waals surface area contributed by atoms with Crippen LogP contribution in [0, 0.1) is 12.3 Å². The van der Waals surface area contributed by atoms with Gasteiger partial charge in [-0.05, 0) is 37.0 Å². The molecule has 0 saturated carbocycles. The first-order chi connectivity index (χ1) is 12.8. The Morgan fingerprint density at radius 1 is 1.19 bits per heavy atom. The summed E-state index contributed by atoms with van der Waals surface area (Å²) in [5, 5.41) is 2.67. The largest absolute Gasteiger partial charge is 0.344 e. The first kappa shape index (κ1) is 21.4. The number of hydrogen-bond donors (Lipinski definition) is 1. The van der Waals surface area contributed by atoms with Gasteiger partial charge in [0, 0.05) is 26.2 Å². The van der Waals surface area contributed by atoms with Crippen LogP contribution >= 0.6 is 0 Å². The SMILES string of the molecule is C#CCNC(=O)C(C)N1CCN(S(=O)(=O)c2ccc(C(C)CC)cc2)CC1. The summed E-state index contributed by atoms with van der Waals surface area (Å²) in [4.78, 5) is 14.3. The molecule has 1 aromatic carbocycles. The van der Waals surface area contributed by atoms with E-state index in [2.05, 4.69) is 25.1 Å². The van der Waals surface area contributed by atoms with Crippen molar-refractivity contribution in [2.75, 3.05) is 32.7 Å². The molecule has 0 aromatic heterocycles. The monoisotopic (exact) mass is 391 g/mol. The second-order valence-corrected chi connectivity index (χ2v) is 8.85. The van der Waals surface area contributed by atoms with E-state index in [4.69, 9.17) is 6.42 Å². The van der Waals surface area contributed by atoms with Crippen LogP contribution in [0.2, 0.25) is 0 Å². The third kappa shape index (κ3) is 5.10. The molecule has 0 bridgehead atoms. The number of piperazine rings is 1. The molecule has 2 rings (SSSR count). The van der Waals surface area contributed by atoms with Crippen LogP contribution in [-0.4, -0.2) is 62.3 Å². The lowest BCUT2D eigenvalue weighted by Crippen LogP contribution is -2.54. The highest BCUT2D eigenvalue weighted by molar-refractivity contribution is 7.89. The molecule has 1 amide bonds. The number of benzene rings is 1. The zero-order valence-electron chi connectivity index (χ0n) is 16.3. The van der Waals surface area contributed by atoms with Crippen molar-refractivity contribution in [3.05, 3.63) is 29.8 Å². The van der Waals surface area contributed by atoms with Crippen LogP contribution in [0.4, 0.5) is 0 Å². The Bertz CT molecular complexity index is 776. The van der Waals surface area contributed by atoms with Crippen LogP contribution in [0.25, 0.3) is 0 Å². The molecular weight excluding hydrogens is 362 g/mol. The van der Waals surface area contributed by atoms with Crippen LogP contribution in [0.1, 0.15) is 38.7 Å². The van der Waals surface area contributed by atoms with Crippen molar-refractivity contribution in [3.8, 4) is 12.3 Å². The Kier molecular flexibility index (Phi) is 7.42. The Morgan fingerprint density at radius 3 is 2.30 bits per heavy atom. The van der Waals surface area contributed by atoms with Crippen LogP contribution in [0.15, 0.2) is 29.2 Å². The lowest BCUT2D eigenvalue weighted by Gasteiger charge is -2.36. The molecule has 1 fully saturated rings. The van der Waals surface area contributed by atoms with Crippen molar-refractivity contribution < 1.29 is 13.2 Å². The summed E-state index contributed by atoms with van der Waals surface area (Å²) < 4.78 is 27.3. The molecule has 148 valence electrons. The molecule has 0 aliphatic carbocycles. The van der Waals surface area contributed by atoms with Crippen LogP contribution in [0.3, 0.4) is 0 Å². The molecule has 7 heteroatoms. The van der Waals surface area contributed by atoms with Gasteiger partial charge in [-0.3, -0.25) is 9.69 Å². The maximum Gasteiger partial charge on any atom is 0.243 e. The number of rotatable bonds is 7. The second kappa shape index (κ2) is 9.36. The van der Waals surface area contributed by atoms with E-state index in [0.29, 0.717) is 37.0 Å². The predicted octanol–water partition coefficient (Wildman–Crippen LogP) is 1.64. The van der Waals surface area contributed by atoms with Gasteiger partial charge in [0.1, 0.15) is 0 Å². The van der Waals surface area contributed by atoms with Crippen LogP contribution < -0.4 is 5.32 Å². The molecule has 0 spiro atoms. The molecule has 2 atom stereocenters. The summed E-state index contributed by atoms with van der Waals surface area (Å²) in [7, 11) is -3.52. The second-order valence-electron chi connectivity index (χ2n) is 6.92. The van der Waals surface area contributed by atoms with Gasteiger partial charge in [-0.25, -0.2) is 8.42 Å². The number of nitrogens with zero attached hydrogens (tertiary/aromatic N) is 2. The quantitative estimate of drug-likeness (QED) is 0.718. The van der Waals surface area contributed by atoms with Crippen molar-refractivity contribution >= 4 is 15.9 Å². The van der Waals surface area contributed by atoms with E-state index in [-0.39, 0.29) is 18.5 Å². The highest BCUT2D eigenvalue weighted by atomic mass is 32.2. The average molecular weight is 392 g/mol. The minimum absolute atomic E-state index is 0.134. The minimum atomic E-state index is -3.52. The number of terminal acetylenes is 1. The molecule has 6 nitrogen and oxygen atoms in total. The summed E-state index contributed by atoms with van der Waals surface area (Å²) in [5.41, 5.74) is 1.15. The number of amides is 1. The predicted molar refractivity (Wildman–Crippen MR) is 107 cm³/mol. The fraction of sp³-hybridized carbons (Fsp3) is 0.550. The maximum atomic E-state index is 12.9. The van der Waals surface area contributed by atoms with Crippen LogP contribution in [0.5, 0.6) is 0 Å². The van der Waals surface area contributed by atoms with Gasteiger partial charge in [-0.15, -0.1) is 6.42 Å². The van der Waals surface area contributed by atoms with Gasteiger partial charge in [0.15, 0.2) is 0 Å². The van der Waals surface area contributed by atoms with Gasteiger partial charge in [-0.1, -0.05) is 31.9 Å². The highest BCUT2D eigenvalue weighted by Gasteiger charge is 2.31. The van der Waals surface area contributed by atoms with Crippen LogP contribution in [-0.2, 0) is 14.8 Å². The molecule has 27 heavy (non-hydrogen) atoms. The Balaban J connectivity index is 2.00. The molecule has 1 heterocycles. The van der Waals surface area contributed by atoms with Gasteiger partial charge in [0.2, 0.25) is 15.9 Å². The van der Waals surface area contributed by atoms with E-state index >= 15 is 0 Å². The number of sulfonamides is 1. The fourth-order valence-electron chi connectivity index (χ4n) is 3.14. The van der Waals surface area contributed by atoms with Gasteiger partial charge in [0.05, 0.1) is 17.5 Å². The lowest BCUT2D eigenvalue weighted by atomic mass is 9.99. The maximum absolute atomic E-state index is 12.9. The van der Waals surface area contributed by atoms with E-state index in [1.807, 2.05) is 24.0 Å². The van der Waals surface area contributed by atoms with Gasteiger partial charge < -0.3 is 5.32 Å². The summed E-state index contributed by atoms with van der Waals surface area (Å²) in [6.45, 7) is 7.99. The fourth-order valence-corrected chi connectivity index (χ4v) is 4.56. The first-order valence-electron chi connectivity index (χ1n) is 9.36. The lowest BCUT2D eigenvalue weighted by molar-refractivity contribution is -0.126. The Morgan fingerprint density at radius 2 is 1.78 bits per heavy atom. The smallest absolute Gasteiger partial charge is 0.243 e. The zero-order valence-corrected chi connectivity index (χ0v) is 17.1. The highest BCUT2D eigenvalue weighted by Crippen LogP contribution is 2.23. The van der Waals surface area contributed by atoms with E-state index in [1.165, 1.54) is 4.31 Å². The zero-order chi connectivity index (χ0) is 20.0. The summed E-state index contributed by atoms with van der Waals surface area (Å²) in [5.74, 6) is 2.65. The summed E-state index contributed by atoms with van der Waals surface area (Å²) in [6, 6.07) is 6.85. The molecule has 1 aliphatic heterocycles. The number of nitrogens with one attached hydrogen (secondary N) is 1. The molecule has 0 radical (unpaired) electrons. The van der Waals surface area contributed by atoms with Crippen molar-refractivity contribution in [1.29, 1.82) is 0 Å². The molecule has 1 aliphatic rings. The average Bonchev–Trinajstić information content (AvgIpc) is 2.71. The van der Waals surface area contributed by atoms with E-state index in [1.54, 1.807) is 12.1 Å². The number of carbonyl (C=O) groups excluding carboxylic acids is 1. The summed E-state index contributed by atoms with van der Waals surface area (Å²) in [6.07, 6.45) is 6.17. The molecule has 1 saturated heterocycles. The van der Waals surface area contributed by atoms with Gasteiger partial charge >= 0.3 is 0 Å². The molecule has 1 aromatic rings. The molecule has 1 N–H and O–H groups in total. The topological polar surface area (TPSA) is 69.7 Å². The van der Waals surface area contributed by atoms with Crippen molar-refractivity contribution in [2.45, 2.75) is 44.0 Å². The number of hydrogen-bond acceptors (Lipinski definition) is 4. The number of carbonyl (C=O) groups is 1. The summed E-state index contributed by atoms with van der Waals surface area (Å²) >= 11 is 0. The Hall–Kier alpha value is -1.88.